The number of carbonyl (C=O) groups excluding carboxylic acids is 1. The minimum absolute atomic E-state index is 0.0437. The molecule has 0 radical (unpaired) electrons. The normalized spacial score (nSPS) is 23.7. The van der Waals surface area contributed by atoms with Gasteiger partial charge >= 0.3 is 5.97 Å². The summed E-state index contributed by atoms with van der Waals surface area (Å²) in [7, 11) is 1.38. The van der Waals surface area contributed by atoms with Crippen LogP contribution in [0.5, 0.6) is 0 Å². The molecule has 3 atom stereocenters. The number of ether oxygens (including phenoxy) is 3. The number of anilines is 1. The van der Waals surface area contributed by atoms with Crippen molar-refractivity contribution >= 4 is 23.1 Å². The minimum Gasteiger partial charge on any atom is -0.461 e. The number of aromatic amines is 1. The van der Waals surface area contributed by atoms with E-state index < -0.39 is 30.0 Å². The Morgan fingerprint density at radius 3 is 3.17 bits per heavy atom. The Hall–Kier alpha value is -2.50. The number of nitrogens with one attached hydrogen (secondary N) is 1. The molecule has 11 nitrogen and oxygen atoms in total. The van der Waals surface area contributed by atoms with Crippen LogP contribution in [0.4, 0.5) is 5.95 Å². The summed E-state index contributed by atoms with van der Waals surface area (Å²) in [6, 6.07) is 0. The molecule has 2 aromatic heterocycles. The maximum atomic E-state index is 11.8. The molecule has 0 amide bonds. The number of nitrogens with two attached hydrogens (primary N) is 1. The molecule has 3 rings (SSSR count). The van der Waals surface area contributed by atoms with Crippen molar-refractivity contribution in [1.82, 2.24) is 19.5 Å². The summed E-state index contributed by atoms with van der Waals surface area (Å²) in [5.41, 5.74) is 5.47. The zero-order valence-corrected chi connectivity index (χ0v) is 12.8. The fraction of sp³-hybridized carbons (Fsp3) is 0.538. The fourth-order valence-corrected chi connectivity index (χ4v) is 2.52. The molecule has 0 spiro atoms. The van der Waals surface area contributed by atoms with Gasteiger partial charge in [-0.1, -0.05) is 0 Å². The molecule has 4 N–H and O–H groups in total. The summed E-state index contributed by atoms with van der Waals surface area (Å²) in [5, 5.41) is 10.1. The molecular weight excluding hydrogens is 322 g/mol. The van der Waals surface area contributed by atoms with Crippen LogP contribution in [0.3, 0.4) is 0 Å². The number of H-pyrrole nitrogens is 1. The molecule has 0 bridgehead atoms. The van der Waals surface area contributed by atoms with E-state index in [0.717, 1.165) is 0 Å². The number of nitrogens with zero attached hydrogens (tertiary/aromatic N) is 3. The van der Waals surface area contributed by atoms with Gasteiger partial charge in [0, 0.05) is 13.5 Å². The van der Waals surface area contributed by atoms with Crippen molar-refractivity contribution in [3.05, 3.63) is 16.7 Å². The molecule has 1 fully saturated rings. The van der Waals surface area contributed by atoms with E-state index in [0.29, 0.717) is 0 Å². The summed E-state index contributed by atoms with van der Waals surface area (Å²) < 4.78 is 16.8. The Balaban J connectivity index is 1.75. The molecule has 0 saturated carbocycles. The molecule has 3 heterocycles. The highest BCUT2D eigenvalue weighted by Crippen LogP contribution is 2.30. The molecule has 11 heteroatoms. The molecule has 1 aliphatic rings. The van der Waals surface area contributed by atoms with E-state index in [1.807, 2.05) is 0 Å². The van der Waals surface area contributed by atoms with Gasteiger partial charge in [-0.25, -0.2) is 9.78 Å². The van der Waals surface area contributed by atoms with Crippen LogP contribution in [0, 0.1) is 0 Å². The van der Waals surface area contributed by atoms with Gasteiger partial charge in [0.2, 0.25) is 5.95 Å². The van der Waals surface area contributed by atoms with Gasteiger partial charge in [0.05, 0.1) is 12.4 Å². The quantitative estimate of drug-likeness (QED) is 0.554. The van der Waals surface area contributed by atoms with E-state index in [9.17, 15) is 14.7 Å². The first-order chi connectivity index (χ1) is 11.5. The highest BCUT2D eigenvalue weighted by molar-refractivity contribution is 5.71. The van der Waals surface area contributed by atoms with Gasteiger partial charge in [0.15, 0.2) is 11.2 Å². The van der Waals surface area contributed by atoms with Crippen molar-refractivity contribution in [2.45, 2.75) is 24.9 Å². The van der Waals surface area contributed by atoms with E-state index in [2.05, 4.69) is 19.7 Å². The van der Waals surface area contributed by atoms with Gasteiger partial charge in [-0.3, -0.25) is 14.3 Å². The number of fused-ring (bicyclic) bond motifs is 1. The molecular formula is C13H17N5O6. The number of hydrogen-bond acceptors (Lipinski definition) is 9. The Kier molecular flexibility index (Phi) is 4.46. The van der Waals surface area contributed by atoms with Crippen LogP contribution < -0.4 is 11.3 Å². The smallest absolute Gasteiger partial charge is 0.332 e. The van der Waals surface area contributed by atoms with Crippen molar-refractivity contribution in [2.24, 2.45) is 0 Å². The number of aromatic nitrogens is 4. The van der Waals surface area contributed by atoms with Gasteiger partial charge in [0.25, 0.3) is 5.56 Å². The third-order valence-electron chi connectivity index (χ3n) is 3.64. The zero-order valence-electron chi connectivity index (χ0n) is 12.8. The number of hydrogen-bond donors (Lipinski definition) is 3. The van der Waals surface area contributed by atoms with Crippen molar-refractivity contribution in [2.75, 3.05) is 26.1 Å². The Morgan fingerprint density at radius 2 is 2.42 bits per heavy atom. The number of imidazole rings is 1. The topological polar surface area (TPSA) is 155 Å². The third-order valence-corrected chi connectivity index (χ3v) is 3.64. The summed E-state index contributed by atoms with van der Waals surface area (Å²) >= 11 is 0. The first kappa shape index (κ1) is 16.4. The van der Waals surface area contributed by atoms with Crippen LogP contribution in [0.2, 0.25) is 0 Å². The number of aliphatic hydroxyl groups is 1. The summed E-state index contributed by atoms with van der Waals surface area (Å²) in [5.74, 6) is -0.594. The second-order valence-electron chi connectivity index (χ2n) is 5.32. The lowest BCUT2D eigenvalue weighted by Crippen LogP contribution is -2.28. The fourth-order valence-electron chi connectivity index (χ4n) is 2.52. The number of rotatable bonds is 5. The van der Waals surface area contributed by atoms with Crippen LogP contribution in [0.1, 0.15) is 12.6 Å². The number of nitrogen functional groups attached to an aromatic ring is 1. The maximum absolute atomic E-state index is 11.8. The first-order valence-electron chi connectivity index (χ1n) is 7.20. The lowest BCUT2D eigenvalue weighted by Gasteiger charge is -2.15. The average molecular weight is 339 g/mol. The standard InChI is InChI=1S/C13H17N5O6/c1-22-4-9(20)23-3-7-6(19)2-8(24-7)18-5-15-10-11(18)16-13(14)17-12(10)21/h5-8,19H,2-4H2,1H3,(H3,14,16,17,21)/t6-,7+,8+/m0/s1. The monoisotopic (exact) mass is 339 g/mol. The predicted molar refractivity (Wildman–Crippen MR) is 79.9 cm³/mol. The lowest BCUT2D eigenvalue weighted by atomic mass is 10.2. The Bertz CT molecular complexity index is 802. The minimum atomic E-state index is -0.845. The molecule has 0 aliphatic carbocycles. The van der Waals surface area contributed by atoms with Gasteiger partial charge in [-0.05, 0) is 0 Å². The predicted octanol–water partition coefficient (Wildman–Crippen LogP) is -1.46. The van der Waals surface area contributed by atoms with E-state index in [1.54, 1.807) is 0 Å². The van der Waals surface area contributed by atoms with Crippen molar-refractivity contribution in [3.63, 3.8) is 0 Å². The zero-order chi connectivity index (χ0) is 17.3. The number of carbonyl (C=O) groups is 1. The van der Waals surface area contributed by atoms with Crippen molar-refractivity contribution < 1.29 is 24.1 Å². The van der Waals surface area contributed by atoms with Crippen molar-refractivity contribution in [3.8, 4) is 0 Å². The van der Waals surface area contributed by atoms with E-state index >= 15 is 0 Å². The van der Waals surface area contributed by atoms with E-state index in [1.165, 1.54) is 18.0 Å². The summed E-state index contributed by atoms with van der Waals surface area (Å²) in [6.07, 6.45) is -0.533. The second kappa shape index (κ2) is 6.55. The van der Waals surface area contributed by atoms with Crippen LogP contribution >= 0.6 is 0 Å². The number of esters is 1. The molecule has 130 valence electrons. The highest BCUT2D eigenvalue weighted by atomic mass is 16.6. The maximum Gasteiger partial charge on any atom is 0.332 e. The van der Waals surface area contributed by atoms with Gasteiger partial charge in [0.1, 0.15) is 25.5 Å². The lowest BCUT2D eigenvalue weighted by molar-refractivity contribution is -0.154. The molecule has 1 aliphatic heterocycles. The van der Waals surface area contributed by atoms with E-state index in [-0.39, 0.29) is 36.7 Å². The van der Waals surface area contributed by atoms with Crippen LogP contribution in [-0.4, -0.2) is 63.1 Å². The Morgan fingerprint density at radius 1 is 1.62 bits per heavy atom. The summed E-state index contributed by atoms with van der Waals surface area (Å²) in [4.78, 5) is 33.5. The first-order valence-corrected chi connectivity index (χ1v) is 7.20. The number of aliphatic hydroxyl groups excluding tert-OH is 1. The van der Waals surface area contributed by atoms with Crippen LogP contribution in [-0.2, 0) is 19.0 Å². The van der Waals surface area contributed by atoms with Gasteiger partial charge < -0.3 is 25.1 Å². The van der Waals surface area contributed by atoms with Gasteiger partial charge in [-0.15, -0.1) is 0 Å². The molecule has 1 saturated heterocycles. The number of methoxy groups -OCH3 is 1. The van der Waals surface area contributed by atoms with Crippen LogP contribution in [0.15, 0.2) is 11.1 Å². The molecule has 24 heavy (non-hydrogen) atoms. The largest absolute Gasteiger partial charge is 0.461 e. The Labute approximate surface area is 135 Å². The second-order valence-corrected chi connectivity index (χ2v) is 5.32. The molecule has 0 aromatic carbocycles. The van der Waals surface area contributed by atoms with Gasteiger partial charge in [-0.2, -0.15) is 4.98 Å². The van der Waals surface area contributed by atoms with Crippen molar-refractivity contribution in [1.29, 1.82) is 0 Å². The molecule has 2 aromatic rings. The van der Waals surface area contributed by atoms with Crippen LogP contribution in [0.25, 0.3) is 11.2 Å². The average Bonchev–Trinajstić information content (AvgIpc) is 3.09. The highest BCUT2D eigenvalue weighted by Gasteiger charge is 2.36. The third kappa shape index (κ3) is 3.09. The molecule has 0 unspecified atom stereocenters. The van der Waals surface area contributed by atoms with E-state index in [4.69, 9.17) is 15.2 Å². The summed E-state index contributed by atoms with van der Waals surface area (Å²) in [6.45, 7) is -0.285. The SMILES string of the molecule is COCC(=O)OC[C@H]1O[C@@H](n2cnc3c(=O)[nH]c(N)nc32)C[C@@H]1O.